The second kappa shape index (κ2) is 6.54. The van der Waals surface area contributed by atoms with Crippen LogP contribution in [0, 0.1) is 5.92 Å². The third-order valence-corrected chi connectivity index (χ3v) is 3.16. The van der Waals surface area contributed by atoms with Crippen molar-refractivity contribution >= 4 is 5.69 Å². The van der Waals surface area contributed by atoms with Crippen LogP contribution in [0.1, 0.15) is 32.3 Å². The summed E-state index contributed by atoms with van der Waals surface area (Å²) in [4.78, 5) is 2.39. The van der Waals surface area contributed by atoms with Crippen LogP contribution < -0.4 is 5.73 Å². The van der Waals surface area contributed by atoms with Crippen molar-refractivity contribution in [1.29, 1.82) is 0 Å². The molecule has 16 heavy (non-hydrogen) atoms. The van der Waals surface area contributed by atoms with Crippen LogP contribution in [0.2, 0.25) is 0 Å². The van der Waals surface area contributed by atoms with Gasteiger partial charge < -0.3 is 10.6 Å². The summed E-state index contributed by atoms with van der Waals surface area (Å²) in [5.41, 5.74) is 7.84. The van der Waals surface area contributed by atoms with Crippen LogP contribution in [0.15, 0.2) is 24.3 Å². The Morgan fingerprint density at radius 3 is 2.19 bits per heavy atom. The zero-order valence-corrected chi connectivity index (χ0v) is 10.7. The van der Waals surface area contributed by atoms with E-state index in [2.05, 4.69) is 37.9 Å². The Balaban J connectivity index is 2.44. The van der Waals surface area contributed by atoms with Gasteiger partial charge in [0.25, 0.3) is 0 Å². The van der Waals surface area contributed by atoms with E-state index in [1.807, 2.05) is 12.1 Å². The molecular weight excluding hydrogens is 196 g/mol. The van der Waals surface area contributed by atoms with Gasteiger partial charge in [-0.3, -0.25) is 0 Å². The molecule has 0 saturated carbocycles. The topological polar surface area (TPSA) is 29.3 Å². The minimum absolute atomic E-state index is 0.818. The van der Waals surface area contributed by atoms with E-state index in [1.54, 1.807) is 0 Å². The average Bonchev–Trinajstić information content (AvgIpc) is 2.29. The SMILES string of the molecule is CCC(CC)CN(C)Cc1ccc(N)cc1. The lowest BCUT2D eigenvalue weighted by Crippen LogP contribution is -2.24. The summed E-state index contributed by atoms with van der Waals surface area (Å²) in [6.07, 6.45) is 2.53. The van der Waals surface area contributed by atoms with Crippen molar-refractivity contribution in [2.45, 2.75) is 33.2 Å². The maximum absolute atomic E-state index is 5.67. The first kappa shape index (κ1) is 13.0. The zero-order chi connectivity index (χ0) is 12.0. The normalized spacial score (nSPS) is 11.3. The van der Waals surface area contributed by atoms with Gasteiger partial charge >= 0.3 is 0 Å². The molecule has 0 fully saturated rings. The minimum Gasteiger partial charge on any atom is -0.399 e. The third kappa shape index (κ3) is 4.23. The lowest BCUT2D eigenvalue weighted by molar-refractivity contribution is 0.260. The Labute approximate surface area is 99.5 Å². The lowest BCUT2D eigenvalue weighted by atomic mass is 10.0. The summed E-state index contributed by atoms with van der Waals surface area (Å²) < 4.78 is 0. The number of nitrogens with zero attached hydrogens (tertiary/aromatic N) is 1. The van der Waals surface area contributed by atoms with E-state index in [4.69, 9.17) is 5.73 Å². The van der Waals surface area contributed by atoms with Crippen molar-refractivity contribution in [3.8, 4) is 0 Å². The lowest BCUT2D eigenvalue weighted by Gasteiger charge is -2.22. The van der Waals surface area contributed by atoms with Gasteiger partial charge in [-0.15, -0.1) is 0 Å². The van der Waals surface area contributed by atoms with Crippen molar-refractivity contribution in [2.75, 3.05) is 19.3 Å². The van der Waals surface area contributed by atoms with Crippen LogP contribution in [0.5, 0.6) is 0 Å². The van der Waals surface area contributed by atoms with Gasteiger partial charge in [-0.25, -0.2) is 0 Å². The monoisotopic (exact) mass is 220 g/mol. The Bertz CT molecular complexity index is 288. The molecule has 0 spiro atoms. The number of anilines is 1. The predicted molar refractivity (Wildman–Crippen MR) is 71.3 cm³/mol. The van der Waals surface area contributed by atoms with Crippen molar-refractivity contribution in [3.63, 3.8) is 0 Å². The first-order valence-electron chi connectivity index (χ1n) is 6.18. The standard InChI is InChI=1S/C14H24N2/c1-4-12(5-2)10-16(3)11-13-6-8-14(15)9-7-13/h6-9,12H,4-5,10-11,15H2,1-3H3. The Kier molecular flexibility index (Phi) is 5.33. The molecule has 0 unspecified atom stereocenters. The average molecular weight is 220 g/mol. The maximum atomic E-state index is 5.67. The van der Waals surface area contributed by atoms with Crippen LogP contribution >= 0.6 is 0 Å². The molecule has 1 rings (SSSR count). The molecule has 0 heterocycles. The molecule has 1 aromatic rings. The second-order valence-electron chi connectivity index (χ2n) is 4.62. The summed E-state index contributed by atoms with van der Waals surface area (Å²) >= 11 is 0. The van der Waals surface area contributed by atoms with E-state index >= 15 is 0 Å². The van der Waals surface area contributed by atoms with Crippen LogP contribution in [0.25, 0.3) is 0 Å². The van der Waals surface area contributed by atoms with Gasteiger partial charge in [0.1, 0.15) is 0 Å². The number of hydrogen-bond acceptors (Lipinski definition) is 2. The molecular formula is C14H24N2. The van der Waals surface area contributed by atoms with Gasteiger partial charge in [0.2, 0.25) is 0 Å². The first-order valence-corrected chi connectivity index (χ1v) is 6.18. The molecule has 1 aromatic carbocycles. The van der Waals surface area contributed by atoms with Gasteiger partial charge in [0.15, 0.2) is 0 Å². The number of nitrogen functional groups attached to an aromatic ring is 1. The quantitative estimate of drug-likeness (QED) is 0.746. The third-order valence-electron chi connectivity index (χ3n) is 3.16. The van der Waals surface area contributed by atoms with Crippen LogP contribution in [-0.4, -0.2) is 18.5 Å². The molecule has 0 atom stereocenters. The van der Waals surface area contributed by atoms with Crippen molar-refractivity contribution < 1.29 is 0 Å². The fourth-order valence-electron chi connectivity index (χ4n) is 1.99. The van der Waals surface area contributed by atoms with E-state index in [0.29, 0.717) is 0 Å². The van der Waals surface area contributed by atoms with Crippen LogP contribution in [0.3, 0.4) is 0 Å². The zero-order valence-electron chi connectivity index (χ0n) is 10.7. The Morgan fingerprint density at radius 2 is 1.69 bits per heavy atom. The summed E-state index contributed by atoms with van der Waals surface area (Å²) in [6.45, 7) is 6.73. The van der Waals surface area contributed by atoms with E-state index in [9.17, 15) is 0 Å². The van der Waals surface area contributed by atoms with Gasteiger partial charge in [-0.2, -0.15) is 0 Å². The number of benzene rings is 1. The highest BCUT2D eigenvalue weighted by Crippen LogP contribution is 2.12. The van der Waals surface area contributed by atoms with Crippen LogP contribution in [-0.2, 0) is 6.54 Å². The molecule has 0 saturated heterocycles. The highest BCUT2D eigenvalue weighted by Gasteiger charge is 2.07. The molecule has 0 aromatic heterocycles. The van der Waals surface area contributed by atoms with E-state index in [1.165, 1.54) is 24.9 Å². The predicted octanol–water partition coefficient (Wildman–Crippen LogP) is 3.14. The maximum Gasteiger partial charge on any atom is 0.0314 e. The molecule has 0 radical (unpaired) electrons. The first-order chi connectivity index (χ1) is 7.65. The molecule has 0 amide bonds. The van der Waals surface area contributed by atoms with Crippen LogP contribution in [0.4, 0.5) is 5.69 Å². The highest BCUT2D eigenvalue weighted by molar-refractivity contribution is 5.39. The fraction of sp³-hybridized carbons (Fsp3) is 0.571. The van der Waals surface area contributed by atoms with Gasteiger partial charge in [-0.05, 0) is 30.7 Å². The van der Waals surface area contributed by atoms with E-state index < -0.39 is 0 Å². The minimum atomic E-state index is 0.818. The molecule has 0 aliphatic heterocycles. The second-order valence-corrected chi connectivity index (χ2v) is 4.62. The number of hydrogen-bond donors (Lipinski definition) is 1. The van der Waals surface area contributed by atoms with Crippen molar-refractivity contribution in [1.82, 2.24) is 4.90 Å². The molecule has 2 nitrogen and oxygen atoms in total. The van der Waals surface area contributed by atoms with Gasteiger partial charge in [0, 0.05) is 18.8 Å². The summed E-state index contributed by atoms with van der Waals surface area (Å²) in [7, 11) is 2.19. The number of nitrogens with two attached hydrogens (primary N) is 1. The van der Waals surface area contributed by atoms with E-state index in [-0.39, 0.29) is 0 Å². The molecule has 2 heteroatoms. The van der Waals surface area contributed by atoms with Gasteiger partial charge in [-0.1, -0.05) is 38.8 Å². The van der Waals surface area contributed by atoms with Crippen molar-refractivity contribution in [3.05, 3.63) is 29.8 Å². The molecule has 0 aliphatic rings. The molecule has 2 N–H and O–H groups in total. The van der Waals surface area contributed by atoms with E-state index in [0.717, 1.165) is 18.2 Å². The largest absolute Gasteiger partial charge is 0.399 e. The van der Waals surface area contributed by atoms with Crippen molar-refractivity contribution in [2.24, 2.45) is 5.92 Å². The molecule has 0 aliphatic carbocycles. The number of rotatable bonds is 6. The fourth-order valence-corrected chi connectivity index (χ4v) is 1.99. The Morgan fingerprint density at radius 1 is 1.12 bits per heavy atom. The summed E-state index contributed by atoms with van der Waals surface area (Å²) in [5.74, 6) is 0.818. The smallest absolute Gasteiger partial charge is 0.0314 e. The Hall–Kier alpha value is -1.02. The van der Waals surface area contributed by atoms with Gasteiger partial charge in [0.05, 0.1) is 0 Å². The molecule has 0 bridgehead atoms. The summed E-state index contributed by atoms with van der Waals surface area (Å²) in [6, 6.07) is 8.16. The molecule has 90 valence electrons. The summed E-state index contributed by atoms with van der Waals surface area (Å²) in [5, 5.41) is 0. The highest BCUT2D eigenvalue weighted by atomic mass is 15.1.